The zero-order chi connectivity index (χ0) is 12.3. The van der Waals surface area contributed by atoms with E-state index in [1.54, 1.807) is 23.1 Å². The van der Waals surface area contributed by atoms with Crippen LogP contribution >= 0.6 is 23.1 Å². The second-order valence-electron chi connectivity index (χ2n) is 3.66. The van der Waals surface area contributed by atoms with E-state index in [9.17, 15) is 4.79 Å². The molecule has 1 aromatic heterocycles. The van der Waals surface area contributed by atoms with Crippen molar-refractivity contribution in [2.75, 3.05) is 11.6 Å². The average molecular weight is 266 g/mol. The summed E-state index contributed by atoms with van der Waals surface area (Å²) in [6.07, 6.45) is 3.45. The van der Waals surface area contributed by atoms with E-state index in [1.165, 1.54) is 0 Å². The molecule has 1 heterocycles. The van der Waals surface area contributed by atoms with Gasteiger partial charge in [-0.25, -0.2) is 4.98 Å². The van der Waals surface area contributed by atoms with Crippen LogP contribution in [-0.2, 0) is 4.79 Å². The summed E-state index contributed by atoms with van der Waals surface area (Å²) in [6.45, 7) is 2.00. The average Bonchev–Trinajstić information content (AvgIpc) is 2.71. The first kappa shape index (κ1) is 12.4. The number of aromatic nitrogens is 1. The molecule has 2 aromatic rings. The van der Waals surface area contributed by atoms with E-state index in [1.807, 2.05) is 31.4 Å². The monoisotopic (exact) mass is 266 g/mol. The maximum absolute atomic E-state index is 11.5. The van der Waals surface area contributed by atoms with Gasteiger partial charge in [-0.3, -0.25) is 4.79 Å². The third kappa shape index (κ3) is 2.98. The van der Waals surface area contributed by atoms with Crippen LogP contribution in [0.2, 0.25) is 0 Å². The Bertz CT molecular complexity index is 536. The maximum Gasteiger partial charge on any atom is 0.224 e. The fraction of sp³-hybridized carbons (Fsp3) is 0.333. The highest BCUT2D eigenvalue weighted by Crippen LogP contribution is 2.29. The predicted octanol–water partition coefficient (Wildman–Crippen LogP) is 3.76. The first-order valence-corrected chi connectivity index (χ1v) is 7.51. The number of anilines is 1. The second kappa shape index (κ2) is 5.51. The summed E-state index contributed by atoms with van der Waals surface area (Å²) in [5.74, 6) is 0.0708. The molecule has 0 saturated carbocycles. The van der Waals surface area contributed by atoms with Crippen molar-refractivity contribution in [3.05, 3.63) is 18.2 Å². The molecule has 90 valence electrons. The molecule has 1 amide bonds. The van der Waals surface area contributed by atoms with Crippen LogP contribution in [0.15, 0.2) is 22.5 Å². The van der Waals surface area contributed by atoms with Gasteiger partial charge in [0, 0.05) is 12.1 Å². The zero-order valence-corrected chi connectivity index (χ0v) is 11.5. The predicted molar refractivity (Wildman–Crippen MR) is 74.9 cm³/mol. The Morgan fingerprint density at radius 3 is 3.06 bits per heavy atom. The van der Waals surface area contributed by atoms with Crippen molar-refractivity contribution in [3.8, 4) is 0 Å². The van der Waals surface area contributed by atoms with Gasteiger partial charge >= 0.3 is 0 Å². The van der Waals surface area contributed by atoms with E-state index in [0.717, 1.165) is 26.7 Å². The molecule has 5 heteroatoms. The van der Waals surface area contributed by atoms with Crippen molar-refractivity contribution in [1.29, 1.82) is 0 Å². The maximum atomic E-state index is 11.5. The number of nitrogens with zero attached hydrogens (tertiary/aromatic N) is 1. The highest BCUT2D eigenvalue weighted by atomic mass is 32.2. The number of thioether (sulfide) groups is 1. The molecular formula is C12H14N2OS2. The van der Waals surface area contributed by atoms with Crippen molar-refractivity contribution in [2.45, 2.75) is 24.1 Å². The molecule has 0 bridgehead atoms. The number of fused-ring (bicyclic) bond motifs is 1. The molecule has 0 aliphatic heterocycles. The Morgan fingerprint density at radius 2 is 2.35 bits per heavy atom. The lowest BCUT2D eigenvalue weighted by Gasteiger charge is -2.03. The molecule has 0 saturated heterocycles. The van der Waals surface area contributed by atoms with Crippen LogP contribution in [0.5, 0.6) is 0 Å². The Morgan fingerprint density at radius 1 is 1.53 bits per heavy atom. The van der Waals surface area contributed by atoms with Gasteiger partial charge < -0.3 is 5.32 Å². The lowest BCUT2D eigenvalue weighted by atomic mass is 10.2. The minimum atomic E-state index is 0.0708. The molecule has 0 radical (unpaired) electrons. The molecule has 0 fully saturated rings. The normalized spacial score (nSPS) is 10.7. The van der Waals surface area contributed by atoms with Gasteiger partial charge in [-0.1, -0.05) is 18.7 Å². The number of hydrogen-bond donors (Lipinski definition) is 1. The molecule has 2 rings (SSSR count). The lowest BCUT2D eigenvalue weighted by molar-refractivity contribution is -0.116. The Balaban J connectivity index is 2.21. The van der Waals surface area contributed by atoms with Crippen LogP contribution in [0, 0.1) is 0 Å². The van der Waals surface area contributed by atoms with Crippen LogP contribution in [0.3, 0.4) is 0 Å². The summed E-state index contributed by atoms with van der Waals surface area (Å²) in [6, 6.07) is 5.84. The molecule has 17 heavy (non-hydrogen) atoms. The quantitative estimate of drug-likeness (QED) is 0.857. The Labute approximate surface area is 109 Å². The van der Waals surface area contributed by atoms with E-state index >= 15 is 0 Å². The lowest BCUT2D eigenvalue weighted by Crippen LogP contribution is -2.10. The molecule has 0 spiro atoms. The van der Waals surface area contributed by atoms with Gasteiger partial charge in [0.2, 0.25) is 5.91 Å². The van der Waals surface area contributed by atoms with Crippen LogP contribution in [0.1, 0.15) is 19.8 Å². The first-order chi connectivity index (χ1) is 8.22. The third-order valence-electron chi connectivity index (χ3n) is 2.30. The molecule has 0 unspecified atom stereocenters. The number of nitrogens with one attached hydrogen (secondary N) is 1. The number of carbonyl (C=O) groups excluding carboxylic acids is 1. The van der Waals surface area contributed by atoms with Crippen molar-refractivity contribution in [1.82, 2.24) is 4.98 Å². The molecule has 0 aliphatic rings. The fourth-order valence-electron chi connectivity index (χ4n) is 1.52. The standard InChI is InChI=1S/C12H14N2OS2/c1-3-4-11(15)13-8-5-6-9-10(7-8)17-12(14-9)16-2/h5-7H,3-4H2,1-2H3,(H,13,15). The van der Waals surface area contributed by atoms with Crippen molar-refractivity contribution >= 4 is 44.9 Å². The molecule has 1 aromatic carbocycles. The zero-order valence-electron chi connectivity index (χ0n) is 9.82. The third-order valence-corrected chi connectivity index (χ3v) is 4.31. The van der Waals surface area contributed by atoms with Crippen LogP contribution in [0.4, 0.5) is 5.69 Å². The highest BCUT2D eigenvalue weighted by Gasteiger charge is 2.05. The van der Waals surface area contributed by atoms with E-state index in [4.69, 9.17) is 0 Å². The summed E-state index contributed by atoms with van der Waals surface area (Å²) in [7, 11) is 0. The summed E-state index contributed by atoms with van der Waals surface area (Å²) >= 11 is 3.29. The SMILES string of the molecule is CCCC(=O)Nc1ccc2nc(SC)sc2c1. The van der Waals surface area contributed by atoms with Gasteiger partial charge in [0.15, 0.2) is 4.34 Å². The topological polar surface area (TPSA) is 42.0 Å². The summed E-state index contributed by atoms with van der Waals surface area (Å²) < 4.78 is 2.17. The smallest absolute Gasteiger partial charge is 0.224 e. The van der Waals surface area contributed by atoms with Crippen LogP contribution in [0.25, 0.3) is 10.2 Å². The van der Waals surface area contributed by atoms with E-state index in [-0.39, 0.29) is 5.91 Å². The number of carbonyl (C=O) groups is 1. The highest BCUT2D eigenvalue weighted by molar-refractivity contribution is 8.00. The largest absolute Gasteiger partial charge is 0.326 e. The van der Waals surface area contributed by atoms with E-state index in [2.05, 4.69) is 10.3 Å². The van der Waals surface area contributed by atoms with Gasteiger partial charge in [-0.05, 0) is 30.9 Å². The van der Waals surface area contributed by atoms with Crippen molar-refractivity contribution in [3.63, 3.8) is 0 Å². The minimum Gasteiger partial charge on any atom is -0.326 e. The molecule has 1 N–H and O–H groups in total. The van der Waals surface area contributed by atoms with Crippen molar-refractivity contribution < 1.29 is 4.79 Å². The Kier molecular flexibility index (Phi) is 4.02. The van der Waals surface area contributed by atoms with Crippen LogP contribution in [-0.4, -0.2) is 17.1 Å². The molecule has 0 atom stereocenters. The number of thiazole rings is 1. The van der Waals surface area contributed by atoms with Gasteiger partial charge in [-0.15, -0.1) is 11.3 Å². The summed E-state index contributed by atoms with van der Waals surface area (Å²) in [5.41, 5.74) is 1.85. The number of hydrogen-bond acceptors (Lipinski definition) is 4. The van der Waals surface area contributed by atoms with E-state index < -0.39 is 0 Å². The second-order valence-corrected chi connectivity index (χ2v) is 5.75. The summed E-state index contributed by atoms with van der Waals surface area (Å²) in [5, 5.41) is 2.90. The van der Waals surface area contributed by atoms with Gasteiger partial charge in [0.25, 0.3) is 0 Å². The first-order valence-electron chi connectivity index (χ1n) is 5.47. The van der Waals surface area contributed by atoms with Gasteiger partial charge in [0.1, 0.15) is 0 Å². The number of amides is 1. The number of benzene rings is 1. The molecule has 0 aliphatic carbocycles. The fourth-order valence-corrected chi connectivity index (χ4v) is 3.05. The van der Waals surface area contributed by atoms with Crippen molar-refractivity contribution in [2.24, 2.45) is 0 Å². The Hall–Kier alpha value is -1.07. The van der Waals surface area contributed by atoms with Gasteiger partial charge in [-0.2, -0.15) is 0 Å². The minimum absolute atomic E-state index is 0.0708. The summed E-state index contributed by atoms with van der Waals surface area (Å²) in [4.78, 5) is 15.9. The molecule has 3 nitrogen and oxygen atoms in total. The molecular weight excluding hydrogens is 252 g/mol. The van der Waals surface area contributed by atoms with Gasteiger partial charge in [0.05, 0.1) is 10.2 Å². The van der Waals surface area contributed by atoms with E-state index in [0.29, 0.717) is 6.42 Å². The number of rotatable bonds is 4. The van der Waals surface area contributed by atoms with Crippen LogP contribution < -0.4 is 5.32 Å².